The van der Waals surface area contributed by atoms with E-state index in [0.29, 0.717) is 23.9 Å². The van der Waals surface area contributed by atoms with Crippen molar-refractivity contribution >= 4 is 29.4 Å². The number of ether oxygens (including phenoxy) is 2. The molecule has 0 radical (unpaired) electrons. The quantitative estimate of drug-likeness (QED) is 0.435. The summed E-state index contributed by atoms with van der Waals surface area (Å²) in [6.45, 7) is 8.62. The van der Waals surface area contributed by atoms with Crippen LogP contribution in [0.4, 0.5) is 5.82 Å². The first-order valence-electron chi connectivity index (χ1n) is 12.8. The Morgan fingerprint density at radius 1 is 1.13 bits per heavy atom. The fourth-order valence-electron chi connectivity index (χ4n) is 4.55. The van der Waals surface area contributed by atoms with Crippen molar-refractivity contribution in [3.8, 4) is 22.8 Å². The Morgan fingerprint density at radius 2 is 1.87 bits per heavy atom. The van der Waals surface area contributed by atoms with Gasteiger partial charge in [-0.05, 0) is 45.4 Å². The first-order chi connectivity index (χ1) is 18.2. The molecule has 4 rings (SSSR count). The van der Waals surface area contributed by atoms with Gasteiger partial charge in [0.25, 0.3) is 0 Å². The molecule has 0 saturated carbocycles. The second-order valence-electron chi connectivity index (χ2n) is 10.2. The number of anilines is 1. The molecule has 0 fully saturated rings. The second kappa shape index (κ2) is 11.5. The van der Waals surface area contributed by atoms with Crippen molar-refractivity contribution in [3.63, 3.8) is 0 Å². The van der Waals surface area contributed by atoms with Crippen LogP contribution in [0, 0.1) is 0 Å². The average molecular weight is 537 g/mol. The molecule has 1 N–H and O–H groups in total. The van der Waals surface area contributed by atoms with Crippen LogP contribution < -0.4 is 19.7 Å². The van der Waals surface area contributed by atoms with Gasteiger partial charge in [-0.2, -0.15) is 5.10 Å². The van der Waals surface area contributed by atoms with Crippen molar-refractivity contribution in [2.75, 3.05) is 38.0 Å². The Morgan fingerprint density at radius 3 is 2.50 bits per heavy atom. The molecular formula is C29H36N4O4S. The minimum Gasteiger partial charge on any atom is -0.497 e. The number of thioether (sulfide) groups is 1. The van der Waals surface area contributed by atoms with E-state index < -0.39 is 5.54 Å². The van der Waals surface area contributed by atoms with Crippen LogP contribution >= 0.6 is 11.8 Å². The van der Waals surface area contributed by atoms with Crippen LogP contribution in [0.2, 0.25) is 0 Å². The molecule has 1 aliphatic heterocycles. The third-order valence-electron chi connectivity index (χ3n) is 6.36. The number of hydrogen-bond acceptors (Lipinski definition) is 6. The van der Waals surface area contributed by atoms with Gasteiger partial charge in [0, 0.05) is 23.2 Å². The molecule has 202 valence electrons. The summed E-state index contributed by atoms with van der Waals surface area (Å²) in [5.41, 5.74) is 2.99. The van der Waals surface area contributed by atoms with E-state index in [-0.39, 0.29) is 29.4 Å². The van der Waals surface area contributed by atoms with Crippen LogP contribution in [-0.2, 0) is 15.1 Å². The molecule has 2 heterocycles. The van der Waals surface area contributed by atoms with Gasteiger partial charge in [-0.25, -0.2) is 4.68 Å². The van der Waals surface area contributed by atoms with E-state index >= 15 is 0 Å². The summed E-state index contributed by atoms with van der Waals surface area (Å²) in [6, 6.07) is 15.7. The van der Waals surface area contributed by atoms with E-state index in [1.54, 1.807) is 19.1 Å². The zero-order valence-electron chi connectivity index (χ0n) is 22.9. The van der Waals surface area contributed by atoms with E-state index in [4.69, 9.17) is 14.6 Å². The molecule has 0 aliphatic carbocycles. The number of carbonyl (C=O) groups excluding carboxylic acids is 2. The first-order valence-corrected chi connectivity index (χ1v) is 13.8. The van der Waals surface area contributed by atoms with Crippen LogP contribution in [0.15, 0.2) is 48.5 Å². The van der Waals surface area contributed by atoms with Crippen LogP contribution in [-0.4, -0.2) is 54.7 Å². The molecule has 8 nitrogen and oxygen atoms in total. The highest BCUT2D eigenvalue weighted by molar-refractivity contribution is 8.00. The summed E-state index contributed by atoms with van der Waals surface area (Å²) in [4.78, 5) is 28.2. The van der Waals surface area contributed by atoms with Crippen molar-refractivity contribution in [3.05, 3.63) is 59.7 Å². The van der Waals surface area contributed by atoms with Gasteiger partial charge in [0.15, 0.2) is 0 Å². The van der Waals surface area contributed by atoms with Crippen molar-refractivity contribution in [2.24, 2.45) is 0 Å². The predicted octanol–water partition coefficient (Wildman–Crippen LogP) is 5.02. The summed E-state index contributed by atoms with van der Waals surface area (Å²) in [5.74, 6) is 1.87. The van der Waals surface area contributed by atoms with Gasteiger partial charge >= 0.3 is 0 Å². The van der Waals surface area contributed by atoms with Crippen molar-refractivity contribution in [2.45, 2.75) is 44.9 Å². The number of amides is 2. The number of hydrogen-bond donors (Lipinski definition) is 1. The van der Waals surface area contributed by atoms with E-state index in [1.807, 2.05) is 80.9 Å². The molecule has 1 aromatic heterocycles. The van der Waals surface area contributed by atoms with Crippen molar-refractivity contribution in [1.82, 2.24) is 15.1 Å². The molecular weight excluding hydrogens is 500 g/mol. The van der Waals surface area contributed by atoms with Crippen molar-refractivity contribution < 1.29 is 19.1 Å². The van der Waals surface area contributed by atoms with Gasteiger partial charge < -0.3 is 14.8 Å². The minimum absolute atomic E-state index is 0.0790. The van der Waals surface area contributed by atoms with E-state index in [9.17, 15) is 9.59 Å². The van der Waals surface area contributed by atoms with Gasteiger partial charge in [0.05, 0.1) is 36.5 Å². The molecule has 0 bridgehead atoms. The van der Waals surface area contributed by atoms with Crippen molar-refractivity contribution in [1.29, 1.82) is 0 Å². The Bertz CT molecular complexity index is 1300. The van der Waals surface area contributed by atoms with E-state index in [2.05, 4.69) is 5.32 Å². The Balaban J connectivity index is 2.03. The zero-order chi connectivity index (χ0) is 27.4. The molecule has 2 aromatic carbocycles. The van der Waals surface area contributed by atoms with Gasteiger partial charge in [0.2, 0.25) is 11.8 Å². The Hall–Kier alpha value is -3.46. The van der Waals surface area contributed by atoms with Gasteiger partial charge in [-0.15, -0.1) is 11.8 Å². The third kappa shape index (κ3) is 5.53. The number of nitrogens with one attached hydrogen (secondary N) is 1. The third-order valence-corrected chi connectivity index (χ3v) is 7.60. The molecule has 3 aromatic rings. The molecule has 1 atom stereocenters. The number of benzene rings is 2. The van der Waals surface area contributed by atoms with Crippen LogP contribution in [0.3, 0.4) is 0 Å². The Kier molecular flexibility index (Phi) is 8.35. The maximum Gasteiger partial charge on any atom is 0.240 e. The minimum atomic E-state index is -0.465. The molecule has 1 aliphatic rings. The predicted molar refractivity (Wildman–Crippen MR) is 152 cm³/mol. The maximum absolute atomic E-state index is 13.7. The number of carbonyl (C=O) groups is 2. The molecule has 9 heteroatoms. The number of methoxy groups -OCH3 is 2. The van der Waals surface area contributed by atoms with Gasteiger partial charge in [-0.1, -0.05) is 37.3 Å². The summed E-state index contributed by atoms with van der Waals surface area (Å²) in [5, 5.41) is 7.73. The van der Waals surface area contributed by atoms with Crippen LogP contribution in [0.5, 0.6) is 11.5 Å². The first kappa shape index (κ1) is 27.6. The SMILES string of the molecule is CCCNC(=O)CN1C(=O)CSC(c2cc(OC)ccc2OC)c2c(-c3ccccc3)nn(C(C)(C)C)c21. The molecule has 38 heavy (non-hydrogen) atoms. The summed E-state index contributed by atoms with van der Waals surface area (Å²) >= 11 is 1.51. The summed E-state index contributed by atoms with van der Waals surface area (Å²) in [7, 11) is 3.27. The number of fused-ring (bicyclic) bond motifs is 1. The lowest BCUT2D eigenvalue weighted by molar-refractivity contribution is -0.122. The number of nitrogens with zero attached hydrogens (tertiary/aromatic N) is 3. The normalized spacial score (nSPS) is 15.6. The molecule has 2 amide bonds. The highest BCUT2D eigenvalue weighted by atomic mass is 32.2. The van der Waals surface area contributed by atoms with E-state index in [0.717, 1.165) is 28.8 Å². The fourth-order valence-corrected chi connectivity index (χ4v) is 5.76. The summed E-state index contributed by atoms with van der Waals surface area (Å²) in [6.07, 6.45) is 0.816. The standard InChI is InChI=1S/C29H36N4O4S/c1-7-15-30-23(34)17-32-24(35)18-38-27(21-16-20(36-5)13-14-22(21)37-6)25-26(19-11-9-8-10-12-19)31-33(28(25)32)29(2,3)4/h8-14,16,27H,7,15,17-18H2,1-6H3,(H,30,34). The summed E-state index contributed by atoms with van der Waals surface area (Å²) < 4.78 is 13.2. The number of rotatable bonds is 8. The van der Waals surface area contributed by atoms with Crippen LogP contribution in [0.1, 0.15) is 50.5 Å². The highest BCUT2D eigenvalue weighted by Gasteiger charge is 2.40. The monoisotopic (exact) mass is 536 g/mol. The average Bonchev–Trinajstić information content (AvgIpc) is 3.25. The van der Waals surface area contributed by atoms with E-state index in [1.165, 1.54) is 11.8 Å². The number of aromatic nitrogens is 2. The topological polar surface area (TPSA) is 85.7 Å². The second-order valence-corrected chi connectivity index (χ2v) is 11.3. The lowest BCUT2D eigenvalue weighted by Gasteiger charge is -2.29. The molecule has 0 spiro atoms. The lowest BCUT2D eigenvalue weighted by Crippen LogP contribution is -2.43. The van der Waals surface area contributed by atoms with Gasteiger partial charge in [-0.3, -0.25) is 14.5 Å². The fraction of sp³-hybridized carbons (Fsp3) is 0.414. The molecule has 0 saturated heterocycles. The zero-order valence-corrected chi connectivity index (χ0v) is 23.7. The maximum atomic E-state index is 13.7. The smallest absolute Gasteiger partial charge is 0.240 e. The van der Waals surface area contributed by atoms with Gasteiger partial charge in [0.1, 0.15) is 23.9 Å². The Labute approximate surface area is 228 Å². The highest BCUT2D eigenvalue weighted by Crippen LogP contribution is 2.51. The largest absolute Gasteiger partial charge is 0.497 e. The lowest BCUT2D eigenvalue weighted by atomic mass is 9.98. The molecule has 1 unspecified atom stereocenters. The van der Waals surface area contributed by atoms with Crippen LogP contribution in [0.25, 0.3) is 11.3 Å².